The molecular weight excluding hydrogens is 252 g/mol. The van der Waals surface area contributed by atoms with Crippen LogP contribution in [0.4, 0.5) is 5.69 Å². The number of hydrogen-bond acceptors (Lipinski definition) is 3. The molecule has 20 heavy (non-hydrogen) atoms. The van der Waals surface area contributed by atoms with Crippen molar-refractivity contribution in [1.82, 2.24) is 15.0 Å². The van der Waals surface area contributed by atoms with Gasteiger partial charge in [0.15, 0.2) is 5.65 Å². The first-order chi connectivity index (χ1) is 9.79. The smallest absolute Gasteiger partial charge is 0.325 e. The Morgan fingerprint density at radius 2 is 2.00 bits per heavy atom. The Balaban J connectivity index is 1.75. The molecule has 100 valence electrons. The number of aromatic nitrogens is 3. The largest absolute Gasteiger partial charge is 0.367 e. The van der Waals surface area contributed by atoms with E-state index < -0.39 is 0 Å². The number of H-pyrrole nitrogens is 2. The van der Waals surface area contributed by atoms with Gasteiger partial charge in [0.05, 0.1) is 5.52 Å². The zero-order valence-electron chi connectivity index (χ0n) is 10.9. The molecule has 0 radical (unpaired) electrons. The Bertz CT molecular complexity index is 819. The van der Waals surface area contributed by atoms with Crippen LogP contribution >= 0.6 is 0 Å². The Kier molecular flexibility index (Phi) is 2.39. The van der Waals surface area contributed by atoms with Crippen LogP contribution in [0.25, 0.3) is 11.2 Å². The molecule has 0 saturated carbocycles. The van der Waals surface area contributed by atoms with Crippen LogP contribution in [-0.2, 0) is 13.0 Å². The SMILES string of the molecule is O=c1[nH]c2cc3c(nc2[nH]1)CCN(c1ccccc1)C3. The molecule has 0 amide bonds. The van der Waals surface area contributed by atoms with Crippen molar-refractivity contribution < 1.29 is 0 Å². The van der Waals surface area contributed by atoms with Gasteiger partial charge in [-0.3, -0.25) is 4.98 Å². The van der Waals surface area contributed by atoms with Crippen molar-refractivity contribution in [3.63, 3.8) is 0 Å². The molecule has 0 aliphatic carbocycles. The van der Waals surface area contributed by atoms with Crippen LogP contribution in [-0.4, -0.2) is 21.5 Å². The minimum Gasteiger partial charge on any atom is -0.367 e. The average molecular weight is 266 g/mol. The van der Waals surface area contributed by atoms with E-state index in [-0.39, 0.29) is 5.69 Å². The van der Waals surface area contributed by atoms with Crippen LogP contribution < -0.4 is 10.6 Å². The van der Waals surface area contributed by atoms with Crippen molar-refractivity contribution in [3.8, 4) is 0 Å². The second-order valence-electron chi connectivity index (χ2n) is 5.08. The number of aromatic amines is 2. The number of rotatable bonds is 1. The molecule has 4 rings (SSSR count). The summed E-state index contributed by atoms with van der Waals surface area (Å²) in [6.45, 7) is 1.78. The van der Waals surface area contributed by atoms with E-state index in [4.69, 9.17) is 0 Å². The molecular formula is C15H14N4O. The van der Waals surface area contributed by atoms with E-state index in [1.807, 2.05) is 12.1 Å². The highest BCUT2D eigenvalue weighted by molar-refractivity contribution is 5.71. The molecule has 1 aliphatic heterocycles. The van der Waals surface area contributed by atoms with Gasteiger partial charge in [0.1, 0.15) is 0 Å². The highest BCUT2D eigenvalue weighted by atomic mass is 16.1. The first-order valence-corrected chi connectivity index (χ1v) is 6.70. The summed E-state index contributed by atoms with van der Waals surface area (Å²) in [7, 11) is 0. The van der Waals surface area contributed by atoms with Gasteiger partial charge in [-0.25, -0.2) is 9.78 Å². The average Bonchev–Trinajstić information content (AvgIpc) is 2.84. The number of anilines is 1. The van der Waals surface area contributed by atoms with Crippen molar-refractivity contribution in [2.75, 3.05) is 11.4 Å². The number of imidazole rings is 1. The topological polar surface area (TPSA) is 64.8 Å². The number of hydrogen-bond donors (Lipinski definition) is 2. The molecule has 0 saturated heterocycles. The molecule has 1 aromatic carbocycles. The van der Waals surface area contributed by atoms with Crippen LogP contribution in [0.2, 0.25) is 0 Å². The molecule has 3 heterocycles. The second-order valence-corrected chi connectivity index (χ2v) is 5.08. The van der Waals surface area contributed by atoms with Crippen LogP contribution in [0.3, 0.4) is 0 Å². The molecule has 2 aromatic heterocycles. The van der Waals surface area contributed by atoms with Gasteiger partial charge in [0.25, 0.3) is 0 Å². The number of para-hydroxylation sites is 1. The maximum atomic E-state index is 11.3. The lowest BCUT2D eigenvalue weighted by Gasteiger charge is -2.30. The van der Waals surface area contributed by atoms with Gasteiger partial charge in [0.2, 0.25) is 0 Å². The summed E-state index contributed by atoms with van der Waals surface area (Å²) in [6.07, 6.45) is 0.896. The van der Waals surface area contributed by atoms with E-state index in [1.54, 1.807) is 0 Å². The van der Waals surface area contributed by atoms with E-state index in [9.17, 15) is 4.79 Å². The number of fused-ring (bicyclic) bond motifs is 2. The fourth-order valence-corrected chi connectivity index (χ4v) is 2.78. The van der Waals surface area contributed by atoms with Crippen molar-refractivity contribution >= 4 is 16.9 Å². The Morgan fingerprint density at radius 1 is 1.15 bits per heavy atom. The summed E-state index contributed by atoms with van der Waals surface area (Å²) in [5.41, 5.74) is 4.73. The van der Waals surface area contributed by atoms with Gasteiger partial charge in [-0.05, 0) is 23.8 Å². The molecule has 0 fully saturated rings. The van der Waals surface area contributed by atoms with Crippen molar-refractivity contribution in [2.24, 2.45) is 0 Å². The van der Waals surface area contributed by atoms with E-state index in [1.165, 1.54) is 11.3 Å². The number of nitrogens with one attached hydrogen (secondary N) is 2. The van der Waals surface area contributed by atoms with Gasteiger partial charge in [-0.2, -0.15) is 0 Å². The number of nitrogens with zero attached hydrogens (tertiary/aromatic N) is 2. The molecule has 3 aromatic rings. The molecule has 0 bridgehead atoms. The standard InChI is InChI=1S/C15H14N4O/c20-15-17-13-8-10-9-19(11-4-2-1-3-5-11)7-6-12(10)16-14(13)18-15/h1-5,8H,6-7,9H2,(H2,16,17,18,20). The quantitative estimate of drug-likeness (QED) is 0.706. The fourth-order valence-electron chi connectivity index (χ4n) is 2.78. The van der Waals surface area contributed by atoms with Gasteiger partial charge in [-0.1, -0.05) is 18.2 Å². The minimum absolute atomic E-state index is 0.199. The van der Waals surface area contributed by atoms with Crippen LogP contribution in [0.5, 0.6) is 0 Å². The third kappa shape index (κ3) is 1.79. The van der Waals surface area contributed by atoms with Gasteiger partial charge >= 0.3 is 5.69 Å². The lowest BCUT2D eigenvalue weighted by atomic mass is 10.0. The number of benzene rings is 1. The Hall–Kier alpha value is -2.56. The molecule has 0 unspecified atom stereocenters. The summed E-state index contributed by atoms with van der Waals surface area (Å²) in [4.78, 5) is 23.7. The van der Waals surface area contributed by atoms with Crippen molar-refractivity contribution in [3.05, 3.63) is 58.1 Å². The maximum absolute atomic E-state index is 11.3. The van der Waals surface area contributed by atoms with Crippen LogP contribution in [0.15, 0.2) is 41.2 Å². The first kappa shape index (κ1) is 11.3. The van der Waals surface area contributed by atoms with E-state index in [0.29, 0.717) is 5.65 Å². The van der Waals surface area contributed by atoms with E-state index in [2.05, 4.69) is 44.1 Å². The predicted molar refractivity (Wildman–Crippen MR) is 77.9 cm³/mol. The molecule has 1 aliphatic rings. The highest BCUT2D eigenvalue weighted by Crippen LogP contribution is 2.24. The third-order valence-electron chi connectivity index (χ3n) is 3.77. The minimum atomic E-state index is -0.199. The first-order valence-electron chi connectivity index (χ1n) is 6.70. The number of pyridine rings is 1. The summed E-state index contributed by atoms with van der Waals surface area (Å²) in [5.74, 6) is 0. The maximum Gasteiger partial charge on any atom is 0.325 e. The zero-order chi connectivity index (χ0) is 13.5. The lowest BCUT2D eigenvalue weighted by molar-refractivity contribution is 0.715. The van der Waals surface area contributed by atoms with Gasteiger partial charge in [-0.15, -0.1) is 0 Å². The van der Waals surface area contributed by atoms with Crippen LogP contribution in [0.1, 0.15) is 11.3 Å². The third-order valence-corrected chi connectivity index (χ3v) is 3.77. The molecule has 0 atom stereocenters. The highest BCUT2D eigenvalue weighted by Gasteiger charge is 2.19. The molecule has 5 nitrogen and oxygen atoms in total. The fraction of sp³-hybridized carbons (Fsp3) is 0.200. The van der Waals surface area contributed by atoms with E-state index in [0.717, 1.165) is 30.7 Å². The van der Waals surface area contributed by atoms with Crippen molar-refractivity contribution in [1.29, 1.82) is 0 Å². The Morgan fingerprint density at radius 3 is 2.85 bits per heavy atom. The second kappa shape index (κ2) is 4.23. The molecule has 0 spiro atoms. The summed E-state index contributed by atoms with van der Waals surface area (Å²) < 4.78 is 0. The molecule has 5 heteroatoms. The lowest BCUT2D eigenvalue weighted by Crippen LogP contribution is -2.30. The normalized spacial score (nSPS) is 14.5. The Labute approximate surface area is 115 Å². The van der Waals surface area contributed by atoms with Crippen molar-refractivity contribution in [2.45, 2.75) is 13.0 Å². The van der Waals surface area contributed by atoms with Crippen LogP contribution in [0, 0.1) is 0 Å². The van der Waals surface area contributed by atoms with Gasteiger partial charge in [0, 0.05) is 30.9 Å². The summed E-state index contributed by atoms with van der Waals surface area (Å²) in [6, 6.07) is 12.4. The summed E-state index contributed by atoms with van der Waals surface area (Å²) >= 11 is 0. The summed E-state index contributed by atoms with van der Waals surface area (Å²) in [5, 5.41) is 0. The monoisotopic (exact) mass is 266 g/mol. The molecule has 2 N–H and O–H groups in total. The van der Waals surface area contributed by atoms with E-state index >= 15 is 0 Å². The van der Waals surface area contributed by atoms with Gasteiger partial charge < -0.3 is 9.88 Å². The predicted octanol–water partition coefficient (Wildman–Crippen LogP) is 1.81. The zero-order valence-corrected chi connectivity index (χ0v) is 10.9.